The van der Waals surface area contributed by atoms with Crippen LogP contribution in [0, 0.1) is 0 Å². The van der Waals surface area contributed by atoms with Gasteiger partial charge in [-0.05, 0) is 65.8 Å². The minimum absolute atomic E-state index is 0.279. The molecule has 0 aliphatic heterocycles. The molecule has 0 spiro atoms. The molecule has 6 heteroatoms. The monoisotopic (exact) mass is 487 g/mol. The molecule has 1 heterocycles. The number of aryl methyl sites for hydroxylation is 1. The molecule has 0 aliphatic carbocycles. The zero-order valence-electron chi connectivity index (χ0n) is 20.4. The molecule has 4 aromatic rings. The minimum atomic E-state index is -3.69. The van der Waals surface area contributed by atoms with Gasteiger partial charge in [-0.1, -0.05) is 68.4 Å². The number of benzene rings is 3. The standard InChI is InChI=1S/C29H33N3O2S/c1-22(2)27-13-7-6-11-24(27)12-8-15-30-17-18-32-35(33,34)29-20-25(23-9-4-3-5-10-23)19-26-21-31-16-14-28(26)29/h3-7,9-11,13-14,16,19-22,30,32H,8,12,15,17-18H2,1-2H3. The summed E-state index contributed by atoms with van der Waals surface area (Å²) in [6.07, 6.45) is 5.36. The van der Waals surface area contributed by atoms with Crippen molar-refractivity contribution in [1.29, 1.82) is 0 Å². The highest BCUT2D eigenvalue weighted by Crippen LogP contribution is 2.30. The molecule has 0 radical (unpaired) electrons. The summed E-state index contributed by atoms with van der Waals surface area (Å²) in [6.45, 7) is 6.18. The van der Waals surface area contributed by atoms with Crippen molar-refractivity contribution in [3.8, 4) is 11.1 Å². The van der Waals surface area contributed by atoms with Gasteiger partial charge in [-0.3, -0.25) is 4.98 Å². The van der Waals surface area contributed by atoms with Gasteiger partial charge in [0.2, 0.25) is 10.0 Å². The summed E-state index contributed by atoms with van der Waals surface area (Å²) >= 11 is 0. The number of nitrogens with zero attached hydrogens (tertiary/aromatic N) is 1. The van der Waals surface area contributed by atoms with Gasteiger partial charge in [0.1, 0.15) is 0 Å². The third-order valence-electron chi connectivity index (χ3n) is 6.18. The number of nitrogens with one attached hydrogen (secondary N) is 2. The van der Waals surface area contributed by atoms with Crippen molar-refractivity contribution < 1.29 is 8.42 Å². The molecule has 0 atom stereocenters. The molecule has 35 heavy (non-hydrogen) atoms. The van der Waals surface area contributed by atoms with Crippen molar-refractivity contribution in [3.05, 3.63) is 96.3 Å². The van der Waals surface area contributed by atoms with E-state index in [0.717, 1.165) is 35.9 Å². The number of hydrogen-bond donors (Lipinski definition) is 2. The topological polar surface area (TPSA) is 71.1 Å². The van der Waals surface area contributed by atoms with Crippen LogP contribution < -0.4 is 10.0 Å². The van der Waals surface area contributed by atoms with E-state index in [-0.39, 0.29) is 4.90 Å². The van der Waals surface area contributed by atoms with Crippen molar-refractivity contribution in [2.45, 2.75) is 37.5 Å². The van der Waals surface area contributed by atoms with Gasteiger partial charge in [-0.2, -0.15) is 0 Å². The lowest BCUT2D eigenvalue weighted by Gasteiger charge is -2.13. The maximum Gasteiger partial charge on any atom is 0.241 e. The number of sulfonamides is 1. The Morgan fingerprint density at radius 1 is 0.857 bits per heavy atom. The van der Waals surface area contributed by atoms with Crippen LogP contribution in [0.1, 0.15) is 37.3 Å². The normalized spacial score (nSPS) is 11.9. The second-order valence-corrected chi connectivity index (χ2v) is 10.8. The summed E-state index contributed by atoms with van der Waals surface area (Å²) in [5, 5.41) is 4.84. The number of aromatic nitrogens is 1. The zero-order valence-corrected chi connectivity index (χ0v) is 21.2. The van der Waals surface area contributed by atoms with Gasteiger partial charge in [0, 0.05) is 36.3 Å². The molecule has 1 aromatic heterocycles. The molecule has 0 saturated carbocycles. The van der Waals surface area contributed by atoms with Crippen molar-refractivity contribution in [1.82, 2.24) is 15.0 Å². The van der Waals surface area contributed by atoms with Gasteiger partial charge in [-0.15, -0.1) is 0 Å². The average Bonchev–Trinajstić information content (AvgIpc) is 2.88. The molecule has 182 valence electrons. The van der Waals surface area contributed by atoms with Crippen LogP contribution in [0.4, 0.5) is 0 Å². The van der Waals surface area contributed by atoms with Crippen LogP contribution in [0.2, 0.25) is 0 Å². The van der Waals surface area contributed by atoms with Crippen LogP contribution in [0.25, 0.3) is 21.9 Å². The Balaban J connectivity index is 1.36. The van der Waals surface area contributed by atoms with E-state index < -0.39 is 10.0 Å². The molecule has 0 fully saturated rings. The highest BCUT2D eigenvalue weighted by molar-refractivity contribution is 7.89. The molecular formula is C29H33N3O2S. The van der Waals surface area contributed by atoms with Crippen molar-refractivity contribution in [2.24, 2.45) is 0 Å². The summed E-state index contributed by atoms with van der Waals surface area (Å²) in [5.74, 6) is 0.515. The third kappa shape index (κ3) is 6.34. The van der Waals surface area contributed by atoms with Gasteiger partial charge in [0.25, 0.3) is 0 Å². The van der Waals surface area contributed by atoms with Crippen LogP contribution in [-0.4, -0.2) is 33.0 Å². The Labute approximate surface area is 208 Å². The summed E-state index contributed by atoms with van der Waals surface area (Å²) < 4.78 is 29.3. The molecule has 0 amide bonds. The highest BCUT2D eigenvalue weighted by Gasteiger charge is 2.18. The first kappa shape index (κ1) is 25.0. The maximum absolute atomic E-state index is 13.2. The van der Waals surface area contributed by atoms with Crippen LogP contribution in [-0.2, 0) is 16.4 Å². The fourth-order valence-corrected chi connectivity index (χ4v) is 5.68. The lowest BCUT2D eigenvalue weighted by Crippen LogP contribution is -2.32. The maximum atomic E-state index is 13.2. The Morgan fingerprint density at radius 2 is 1.63 bits per heavy atom. The molecule has 0 aliphatic rings. The molecule has 3 aromatic carbocycles. The summed E-state index contributed by atoms with van der Waals surface area (Å²) in [5.41, 5.74) is 4.62. The first-order valence-corrected chi connectivity index (χ1v) is 13.7. The lowest BCUT2D eigenvalue weighted by atomic mass is 9.94. The van der Waals surface area contributed by atoms with Gasteiger partial charge in [-0.25, -0.2) is 13.1 Å². The number of fused-ring (bicyclic) bond motifs is 1. The molecule has 0 saturated heterocycles. The number of rotatable bonds is 11. The Bertz CT molecular complexity index is 1370. The minimum Gasteiger partial charge on any atom is -0.315 e. The molecule has 2 N–H and O–H groups in total. The number of pyridine rings is 1. The van der Waals surface area contributed by atoms with Gasteiger partial charge >= 0.3 is 0 Å². The average molecular weight is 488 g/mol. The van der Waals surface area contributed by atoms with Crippen molar-refractivity contribution in [2.75, 3.05) is 19.6 Å². The van der Waals surface area contributed by atoms with Gasteiger partial charge < -0.3 is 5.32 Å². The first-order valence-electron chi connectivity index (χ1n) is 12.2. The van der Waals surface area contributed by atoms with Crippen LogP contribution in [0.3, 0.4) is 0 Å². The molecular weight excluding hydrogens is 454 g/mol. The Hall–Kier alpha value is -3.06. The quantitative estimate of drug-likeness (QED) is 0.273. The first-order chi connectivity index (χ1) is 17.0. The van der Waals surface area contributed by atoms with Crippen LogP contribution in [0.15, 0.2) is 90.1 Å². The van der Waals surface area contributed by atoms with E-state index in [0.29, 0.717) is 24.4 Å². The highest BCUT2D eigenvalue weighted by atomic mass is 32.2. The van der Waals surface area contributed by atoms with Crippen molar-refractivity contribution in [3.63, 3.8) is 0 Å². The van der Waals surface area contributed by atoms with Crippen LogP contribution >= 0.6 is 0 Å². The third-order valence-corrected chi connectivity index (χ3v) is 7.68. The smallest absolute Gasteiger partial charge is 0.241 e. The van der Waals surface area contributed by atoms with Gasteiger partial charge in [0.05, 0.1) is 4.90 Å². The van der Waals surface area contributed by atoms with E-state index >= 15 is 0 Å². The van der Waals surface area contributed by atoms with E-state index in [4.69, 9.17) is 0 Å². The molecule has 0 bridgehead atoms. The van der Waals surface area contributed by atoms with E-state index in [1.807, 2.05) is 36.4 Å². The van der Waals surface area contributed by atoms with E-state index in [1.54, 1.807) is 24.5 Å². The summed E-state index contributed by atoms with van der Waals surface area (Å²) in [6, 6.07) is 23.9. The summed E-state index contributed by atoms with van der Waals surface area (Å²) in [7, 11) is -3.69. The number of hydrogen-bond acceptors (Lipinski definition) is 4. The Morgan fingerprint density at radius 3 is 2.43 bits per heavy atom. The van der Waals surface area contributed by atoms with E-state index in [2.05, 4.69) is 53.1 Å². The molecule has 4 rings (SSSR count). The van der Waals surface area contributed by atoms with Gasteiger partial charge in [0.15, 0.2) is 0 Å². The Kier molecular flexibility index (Phi) is 8.29. The lowest BCUT2D eigenvalue weighted by molar-refractivity contribution is 0.574. The largest absolute Gasteiger partial charge is 0.315 e. The summed E-state index contributed by atoms with van der Waals surface area (Å²) in [4.78, 5) is 4.47. The van der Waals surface area contributed by atoms with Crippen molar-refractivity contribution >= 4 is 20.8 Å². The SMILES string of the molecule is CC(C)c1ccccc1CCCNCCNS(=O)(=O)c1cc(-c2ccccc2)cc2cnccc12. The second-order valence-electron chi connectivity index (χ2n) is 9.04. The van der Waals surface area contributed by atoms with Crippen LogP contribution in [0.5, 0.6) is 0 Å². The zero-order chi connectivity index (χ0) is 24.7. The molecule has 0 unspecified atom stereocenters. The van der Waals surface area contributed by atoms with E-state index in [1.165, 1.54) is 11.1 Å². The fourth-order valence-electron chi connectivity index (χ4n) is 4.40. The predicted molar refractivity (Wildman–Crippen MR) is 144 cm³/mol. The second kappa shape index (κ2) is 11.6. The molecule has 5 nitrogen and oxygen atoms in total. The van der Waals surface area contributed by atoms with E-state index in [9.17, 15) is 8.42 Å². The fraction of sp³-hybridized carbons (Fsp3) is 0.276. The predicted octanol–water partition coefficient (Wildman–Crippen LogP) is 5.53.